The van der Waals surface area contributed by atoms with E-state index in [4.69, 9.17) is 7.85 Å². The van der Waals surface area contributed by atoms with Crippen LogP contribution in [0.5, 0.6) is 0 Å². The van der Waals surface area contributed by atoms with E-state index in [2.05, 4.69) is 28.6 Å². The summed E-state index contributed by atoms with van der Waals surface area (Å²) in [6.07, 6.45) is 0. The van der Waals surface area contributed by atoms with E-state index in [1.165, 1.54) is 0 Å². The molecule has 2 radical (unpaired) electrons. The maximum atomic E-state index is 5.62. The molecule has 0 amide bonds. The summed E-state index contributed by atoms with van der Waals surface area (Å²) in [4.78, 5) is 9.12. The zero-order chi connectivity index (χ0) is 10.8. The van der Waals surface area contributed by atoms with E-state index in [0.29, 0.717) is 11.6 Å². The monoisotopic (exact) mass is 221 g/mol. The second-order valence-electron chi connectivity index (χ2n) is 4.17. The van der Waals surface area contributed by atoms with Crippen LogP contribution in [0.3, 0.4) is 0 Å². The van der Waals surface area contributed by atoms with Crippen LogP contribution in [0.15, 0.2) is 5.38 Å². The first-order valence-corrected chi connectivity index (χ1v) is 6.25. The average Bonchev–Trinajstić information content (AvgIpc) is 2.65. The Balaban J connectivity index is 1.93. The summed E-state index contributed by atoms with van der Waals surface area (Å²) in [6, 6.07) is 0.647. The topological polar surface area (TPSA) is 19.4 Å². The smallest absolute Gasteiger partial charge is 0.184 e. The molecular weight excluding hydrogens is 205 g/mol. The average molecular weight is 221 g/mol. The molecule has 1 aliphatic rings. The van der Waals surface area contributed by atoms with Gasteiger partial charge in [0.15, 0.2) is 5.13 Å². The fraction of sp³-hybridized carbons (Fsp3) is 0.700. The molecule has 2 rings (SSSR count). The molecule has 1 aromatic heterocycles. The summed E-state index contributed by atoms with van der Waals surface area (Å²) in [5, 5.41) is 2.97. The molecule has 15 heavy (non-hydrogen) atoms. The third-order valence-corrected chi connectivity index (χ3v) is 3.74. The Hall–Kier alpha value is -0.545. The maximum Gasteiger partial charge on any atom is 0.184 e. The van der Waals surface area contributed by atoms with E-state index in [1.807, 2.05) is 5.38 Å². The fourth-order valence-electron chi connectivity index (χ4n) is 1.85. The lowest BCUT2D eigenvalue weighted by Crippen LogP contribution is -2.49. The quantitative estimate of drug-likeness (QED) is 0.676. The largest absolute Gasteiger partial charge is 0.346 e. The lowest BCUT2D eigenvalue weighted by Gasteiger charge is -2.36. The van der Waals surface area contributed by atoms with Gasteiger partial charge in [-0.3, -0.25) is 4.90 Å². The number of thiazole rings is 1. The summed E-state index contributed by atoms with van der Waals surface area (Å²) in [5.41, 5.74) is 0.640. The molecule has 0 bridgehead atoms. The molecule has 80 valence electrons. The van der Waals surface area contributed by atoms with Gasteiger partial charge in [-0.25, -0.2) is 4.98 Å². The highest BCUT2D eigenvalue weighted by Crippen LogP contribution is 2.18. The molecular formula is C10H16BN3S. The van der Waals surface area contributed by atoms with Crippen molar-refractivity contribution in [2.45, 2.75) is 19.9 Å². The molecule has 0 saturated carbocycles. The van der Waals surface area contributed by atoms with Gasteiger partial charge in [-0.2, -0.15) is 0 Å². The molecule has 0 atom stereocenters. The molecule has 0 aliphatic carbocycles. The van der Waals surface area contributed by atoms with E-state index in [0.717, 1.165) is 31.3 Å². The highest BCUT2D eigenvalue weighted by molar-refractivity contribution is 7.14. The molecule has 0 N–H and O–H groups in total. The summed E-state index contributed by atoms with van der Waals surface area (Å²) < 4.78 is 0. The number of piperazine rings is 1. The minimum absolute atomic E-state index is 0.640. The minimum Gasteiger partial charge on any atom is -0.346 e. The van der Waals surface area contributed by atoms with Crippen LogP contribution in [0.4, 0.5) is 5.13 Å². The van der Waals surface area contributed by atoms with Crippen LogP contribution >= 0.6 is 11.3 Å². The Morgan fingerprint density at radius 3 is 2.47 bits per heavy atom. The van der Waals surface area contributed by atoms with Crippen LogP contribution in [-0.2, 0) is 0 Å². The van der Waals surface area contributed by atoms with Gasteiger partial charge in [-0.05, 0) is 13.8 Å². The SMILES string of the molecule is [B]c1csc(N2CCN(C(C)C)CC2)n1. The van der Waals surface area contributed by atoms with Crippen molar-refractivity contribution in [3.63, 3.8) is 0 Å². The zero-order valence-electron chi connectivity index (χ0n) is 9.31. The third-order valence-electron chi connectivity index (χ3n) is 2.82. The number of nitrogens with zero attached hydrogens (tertiary/aromatic N) is 3. The second-order valence-corrected chi connectivity index (χ2v) is 5.01. The molecule has 0 spiro atoms. The van der Waals surface area contributed by atoms with E-state index in [-0.39, 0.29) is 0 Å². The van der Waals surface area contributed by atoms with E-state index >= 15 is 0 Å². The van der Waals surface area contributed by atoms with E-state index in [1.54, 1.807) is 11.3 Å². The summed E-state index contributed by atoms with van der Waals surface area (Å²) in [5.74, 6) is 0. The number of rotatable bonds is 2. The van der Waals surface area contributed by atoms with Crippen molar-refractivity contribution in [2.24, 2.45) is 0 Å². The van der Waals surface area contributed by atoms with Gasteiger partial charge in [0, 0.05) is 43.2 Å². The zero-order valence-corrected chi connectivity index (χ0v) is 10.1. The predicted molar refractivity (Wildman–Crippen MR) is 66.4 cm³/mol. The normalized spacial score (nSPS) is 18.7. The lowest BCUT2D eigenvalue weighted by molar-refractivity contribution is 0.209. The Labute approximate surface area is 96.5 Å². The second kappa shape index (κ2) is 4.53. The van der Waals surface area contributed by atoms with Crippen LogP contribution in [0, 0.1) is 0 Å². The van der Waals surface area contributed by atoms with E-state index < -0.39 is 0 Å². The van der Waals surface area contributed by atoms with Crippen LogP contribution in [0.2, 0.25) is 0 Å². The van der Waals surface area contributed by atoms with Gasteiger partial charge < -0.3 is 4.90 Å². The van der Waals surface area contributed by atoms with Crippen molar-refractivity contribution in [3.05, 3.63) is 5.38 Å². The van der Waals surface area contributed by atoms with Gasteiger partial charge in [0.05, 0.1) is 0 Å². The Morgan fingerprint density at radius 2 is 2.00 bits per heavy atom. The van der Waals surface area contributed by atoms with Crippen molar-refractivity contribution in [2.75, 3.05) is 31.1 Å². The van der Waals surface area contributed by atoms with Gasteiger partial charge >= 0.3 is 0 Å². The molecule has 1 fully saturated rings. The van der Waals surface area contributed by atoms with Crippen LogP contribution in [-0.4, -0.2) is 50.0 Å². The first kappa shape index (κ1) is 11.0. The molecule has 1 aliphatic heterocycles. The third kappa shape index (κ3) is 2.52. The van der Waals surface area contributed by atoms with Gasteiger partial charge in [-0.1, -0.05) is 0 Å². The maximum absolute atomic E-state index is 5.62. The van der Waals surface area contributed by atoms with Crippen LogP contribution in [0.25, 0.3) is 0 Å². The molecule has 0 unspecified atom stereocenters. The molecule has 0 aromatic carbocycles. The number of hydrogen-bond donors (Lipinski definition) is 0. The molecule has 1 saturated heterocycles. The van der Waals surface area contributed by atoms with Crippen molar-refractivity contribution in [3.8, 4) is 0 Å². The first-order valence-electron chi connectivity index (χ1n) is 5.37. The number of hydrogen-bond acceptors (Lipinski definition) is 4. The fourth-order valence-corrected chi connectivity index (χ4v) is 2.62. The molecule has 1 aromatic rings. The van der Waals surface area contributed by atoms with Crippen molar-refractivity contribution < 1.29 is 0 Å². The molecule has 2 heterocycles. The highest BCUT2D eigenvalue weighted by Gasteiger charge is 2.20. The standard InChI is InChI=1S/C10H16BN3S/c1-8(2)13-3-5-14(6-4-13)10-12-9(11)7-15-10/h7-8H,3-6H2,1-2H3. The lowest BCUT2D eigenvalue weighted by atomic mass is 10.1. The first-order chi connectivity index (χ1) is 7.16. The van der Waals surface area contributed by atoms with Gasteiger partial charge in [0.1, 0.15) is 7.85 Å². The summed E-state index contributed by atoms with van der Waals surface area (Å²) in [7, 11) is 5.62. The number of anilines is 1. The predicted octanol–water partition coefficient (Wildman–Crippen LogP) is 0.467. The Kier molecular flexibility index (Phi) is 3.31. The minimum atomic E-state index is 0.640. The Morgan fingerprint density at radius 1 is 1.33 bits per heavy atom. The summed E-state index contributed by atoms with van der Waals surface area (Å²) in [6.45, 7) is 8.86. The number of aromatic nitrogens is 1. The molecule has 5 heteroatoms. The van der Waals surface area contributed by atoms with Gasteiger partial charge in [0.2, 0.25) is 0 Å². The van der Waals surface area contributed by atoms with Crippen molar-refractivity contribution >= 4 is 29.9 Å². The summed E-state index contributed by atoms with van der Waals surface area (Å²) >= 11 is 1.64. The van der Waals surface area contributed by atoms with Crippen molar-refractivity contribution in [1.29, 1.82) is 0 Å². The molecule has 3 nitrogen and oxygen atoms in total. The Bertz CT molecular complexity index is 318. The van der Waals surface area contributed by atoms with E-state index in [9.17, 15) is 0 Å². The van der Waals surface area contributed by atoms with Gasteiger partial charge in [-0.15, -0.1) is 11.3 Å². The van der Waals surface area contributed by atoms with Crippen molar-refractivity contribution in [1.82, 2.24) is 9.88 Å². The van der Waals surface area contributed by atoms with Crippen LogP contribution < -0.4 is 10.5 Å². The highest BCUT2D eigenvalue weighted by atomic mass is 32.1. The van der Waals surface area contributed by atoms with Gasteiger partial charge in [0.25, 0.3) is 0 Å². The van der Waals surface area contributed by atoms with Crippen LogP contribution in [0.1, 0.15) is 13.8 Å².